The largest absolute Gasteiger partial charge is 0.383 e. The van der Waals surface area contributed by atoms with Gasteiger partial charge < -0.3 is 10.3 Å². The van der Waals surface area contributed by atoms with Crippen LogP contribution in [0.4, 0.5) is 5.82 Å². The first-order valence-corrected chi connectivity index (χ1v) is 7.47. The maximum absolute atomic E-state index is 6.36. The molecule has 0 saturated heterocycles. The molecule has 2 aromatic carbocycles. The fourth-order valence-electron chi connectivity index (χ4n) is 2.87. The van der Waals surface area contributed by atoms with Crippen LogP contribution in [-0.2, 0) is 6.42 Å². The molecular formula is C18H21N3. The molecule has 2 N–H and O–H groups in total. The molecule has 0 radical (unpaired) electrons. The van der Waals surface area contributed by atoms with Crippen LogP contribution in [0, 0.1) is 0 Å². The van der Waals surface area contributed by atoms with Crippen LogP contribution < -0.4 is 5.73 Å². The number of aromatic nitrogens is 2. The Morgan fingerprint density at radius 2 is 1.81 bits per heavy atom. The lowest BCUT2D eigenvalue weighted by Gasteiger charge is -2.12. The Labute approximate surface area is 125 Å². The zero-order valence-corrected chi connectivity index (χ0v) is 12.8. The number of anilines is 1. The number of hydrogen-bond acceptors (Lipinski definition) is 2. The van der Waals surface area contributed by atoms with Crippen molar-refractivity contribution in [3.63, 3.8) is 0 Å². The monoisotopic (exact) mass is 279 g/mol. The predicted octanol–water partition coefficient (Wildman–Crippen LogP) is 4.43. The summed E-state index contributed by atoms with van der Waals surface area (Å²) >= 11 is 0. The third-order valence-electron chi connectivity index (χ3n) is 3.88. The maximum atomic E-state index is 6.36. The number of nitrogen functional groups attached to an aromatic ring is 1. The number of nitrogens with zero attached hydrogens (tertiary/aromatic N) is 2. The fraction of sp³-hybridized carbons (Fsp3) is 0.278. The van der Waals surface area contributed by atoms with Crippen molar-refractivity contribution in [1.29, 1.82) is 0 Å². The van der Waals surface area contributed by atoms with E-state index in [0.717, 1.165) is 29.3 Å². The fourth-order valence-corrected chi connectivity index (χ4v) is 2.87. The third kappa shape index (κ3) is 2.29. The molecule has 0 fully saturated rings. The molecule has 21 heavy (non-hydrogen) atoms. The smallest absolute Gasteiger partial charge is 0.131 e. The van der Waals surface area contributed by atoms with Gasteiger partial charge in [-0.15, -0.1) is 0 Å². The third-order valence-corrected chi connectivity index (χ3v) is 3.88. The Balaban J connectivity index is 2.18. The molecule has 0 saturated carbocycles. The number of hydrogen-bond donors (Lipinski definition) is 1. The van der Waals surface area contributed by atoms with Crippen molar-refractivity contribution in [3.05, 3.63) is 48.3 Å². The second-order valence-corrected chi connectivity index (χ2v) is 5.64. The Morgan fingerprint density at radius 3 is 2.43 bits per heavy atom. The number of fused-ring (bicyclic) bond motifs is 1. The molecule has 0 bridgehead atoms. The quantitative estimate of drug-likeness (QED) is 0.770. The van der Waals surface area contributed by atoms with Crippen molar-refractivity contribution >= 4 is 16.6 Å². The average molecular weight is 279 g/mol. The molecule has 0 aliphatic carbocycles. The van der Waals surface area contributed by atoms with Gasteiger partial charge in [0.15, 0.2) is 0 Å². The maximum Gasteiger partial charge on any atom is 0.131 e. The normalized spacial score (nSPS) is 11.4. The van der Waals surface area contributed by atoms with Crippen LogP contribution in [0.25, 0.3) is 22.0 Å². The molecule has 1 heterocycles. The molecule has 0 unspecified atom stereocenters. The van der Waals surface area contributed by atoms with Crippen LogP contribution in [0.3, 0.4) is 0 Å². The molecule has 0 amide bonds. The van der Waals surface area contributed by atoms with Gasteiger partial charge in [0.25, 0.3) is 0 Å². The highest BCUT2D eigenvalue weighted by molar-refractivity contribution is 5.88. The van der Waals surface area contributed by atoms with Crippen molar-refractivity contribution in [2.45, 2.75) is 33.2 Å². The first kappa shape index (κ1) is 13.7. The summed E-state index contributed by atoms with van der Waals surface area (Å²) in [6, 6.07) is 15.1. The molecule has 108 valence electrons. The summed E-state index contributed by atoms with van der Waals surface area (Å²) in [5.74, 6) is 1.81. The Hall–Kier alpha value is -2.29. The molecule has 3 aromatic rings. The zero-order valence-electron chi connectivity index (χ0n) is 12.8. The van der Waals surface area contributed by atoms with E-state index in [0.29, 0.717) is 6.04 Å². The summed E-state index contributed by atoms with van der Waals surface area (Å²) in [6.07, 6.45) is 0.885. The molecule has 0 atom stereocenters. The molecule has 3 rings (SSSR count). The van der Waals surface area contributed by atoms with E-state index in [1.807, 2.05) is 0 Å². The van der Waals surface area contributed by atoms with Crippen molar-refractivity contribution in [3.8, 4) is 11.3 Å². The molecule has 3 heteroatoms. The van der Waals surface area contributed by atoms with E-state index < -0.39 is 0 Å². The van der Waals surface area contributed by atoms with Gasteiger partial charge in [-0.2, -0.15) is 0 Å². The highest BCUT2D eigenvalue weighted by Gasteiger charge is 2.17. The van der Waals surface area contributed by atoms with Crippen molar-refractivity contribution < 1.29 is 0 Å². The summed E-state index contributed by atoms with van der Waals surface area (Å²) in [4.78, 5) is 4.76. The van der Waals surface area contributed by atoms with E-state index in [9.17, 15) is 0 Å². The summed E-state index contributed by atoms with van der Waals surface area (Å²) in [5.41, 5.74) is 8.34. The van der Waals surface area contributed by atoms with E-state index in [-0.39, 0.29) is 0 Å². The van der Waals surface area contributed by atoms with Gasteiger partial charge >= 0.3 is 0 Å². The van der Waals surface area contributed by atoms with E-state index in [1.54, 1.807) is 0 Å². The van der Waals surface area contributed by atoms with Gasteiger partial charge in [-0.1, -0.05) is 43.3 Å². The lowest BCUT2D eigenvalue weighted by atomic mass is 10.1. The molecule has 0 aliphatic rings. The number of imidazole rings is 1. The van der Waals surface area contributed by atoms with Crippen molar-refractivity contribution in [1.82, 2.24) is 9.55 Å². The number of rotatable bonds is 3. The van der Waals surface area contributed by atoms with E-state index in [1.165, 1.54) is 10.8 Å². The minimum Gasteiger partial charge on any atom is -0.383 e. The molecule has 1 aromatic heterocycles. The van der Waals surface area contributed by atoms with Gasteiger partial charge in [0.1, 0.15) is 17.3 Å². The number of nitrogens with two attached hydrogens (primary N) is 1. The molecular weight excluding hydrogens is 258 g/mol. The van der Waals surface area contributed by atoms with Crippen LogP contribution >= 0.6 is 0 Å². The summed E-state index contributed by atoms with van der Waals surface area (Å²) in [7, 11) is 0. The SMILES string of the molecule is CCc1nc(-c2ccc3ccccc3c2)c(N)n1C(C)C. The minimum atomic E-state index is 0.321. The summed E-state index contributed by atoms with van der Waals surface area (Å²) in [5, 5.41) is 2.45. The lowest BCUT2D eigenvalue weighted by Crippen LogP contribution is -2.08. The minimum absolute atomic E-state index is 0.321. The second kappa shape index (κ2) is 5.24. The standard InChI is InChI=1S/C18H21N3/c1-4-16-20-17(18(19)21(16)12(2)3)15-10-9-13-7-5-6-8-14(13)11-15/h5-12H,4,19H2,1-3H3. The highest BCUT2D eigenvalue weighted by Crippen LogP contribution is 2.31. The number of benzene rings is 2. The Bertz CT molecular complexity index is 784. The molecule has 3 nitrogen and oxygen atoms in total. The Kier molecular flexibility index (Phi) is 3.42. The zero-order chi connectivity index (χ0) is 15.0. The van der Waals surface area contributed by atoms with Crippen LogP contribution in [0.2, 0.25) is 0 Å². The van der Waals surface area contributed by atoms with Crippen LogP contribution in [0.5, 0.6) is 0 Å². The van der Waals surface area contributed by atoms with Crippen LogP contribution in [0.1, 0.15) is 32.6 Å². The topological polar surface area (TPSA) is 43.8 Å². The van der Waals surface area contributed by atoms with Gasteiger partial charge in [0, 0.05) is 18.0 Å². The first-order valence-electron chi connectivity index (χ1n) is 7.47. The Morgan fingerprint density at radius 1 is 1.10 bits per heavy atom. The van der Waals surface area contributed by atoms with Crippen molar-refractivity contribution in [2.75, 3.05) is 5.73 Å². The summed E-state index contributed by atoms with van der Waals surface area (Å²) < 4.78 is 2.13. The van der Waals surface area contributed by atoms with Gasteiger partial charge in [0.05, 0.1) is 0 Å². The van der Waals surface area contributed by atoms with Gasteiger partial charge in [-0.05, 0) is 30.7 Å². The highest BCUT2D eigenvalue weighted by atomic mass is 15.2. The van der Waals surface area contributed by atoms with E-state index >= 15 is 0 Å². The predicted molar refractivity (Wildman–Crippen MR) is 89.3 cm³/mol. The number of aryl methyl sites for hydroxylation is 1. The van der Waals surface area contributed by atoms with E-state index in [2.05, 4.69) is 67.8 Å². The average Bonchev–Trinajstić information content (AvgIpc) is 2.83. The van der Waals surface area contributed by atoms with Crippen molar-refractivity contribution in [2.24, 2.45) is 0 Å². The van der Waals surface area contributed by atoms with E-state index in [4.69, 9.17) is 10.7 Å². The van der Waals surface area contributed by atoms with Gasteiger partial charge in [-0.25, -0.2) is 4.98 Å². The van der Waals surface area contributed by atoms with Gasteiger partial charge in [0.2, 0.25) is 0 Å². The second-order valence-electron chi connectivity index (χ2n) is 5.64. The first-order chi connectivity index (χ1) is 10.1. The molecule has 0 aliphatic heterocycles. The van der Waals surface area contributed by atoms with Crippen LogP contribution in [-0.4, -0.2) is 9.55 Å². The van der Waals surface area contributed by atoms with Crippen LogP contribution in [0.15, 0.2) is 42.5 Å². The van der Waals surface area contributed by atoms with Gasteiger partial charge in [-0.3, -0.25) is 0 Å². The lowest BCUT2D eigenvalue weighted by molar-refractivity contribution is 0.579. The molecule has 0 spiro atoms. The summed E-state index contributed by atoms with van der Waals surface area (Å²) in [6.45, 7) is 6.40.